The highest BCUT2D eigenvalue weighted by molar-refractivity contribution is 5.43. The Bertz CT molecular complexity index is 468. The zero-order chi connectivity index (χ0) is 15.5. The van der Waals surface area contributed by atoms with Gasteiger partial charge >= 0.3 is 0 Å². The largest absolute Gasteiger partial charge is 0.497 e. The number of methoxy groups -OCH3 is 2. The van der Waals surface area contributed by atoms with E-state index in [1.54, 1.807) is 14.2 Å². The number of rotatable bonds is 6. The molecule has 2 rings (SSSR count). The van der Waals surface area contributed by atoms with Crippen LogP contribution in [0.3, 0.4) is 0 Å². The number of nitrogens with zero attached hydrogens (tertiary/aromatic N) is 1. The third-order valence-corrected chi connectivity index (χ3v) is 4.67. The molecule has 118 valence electrons. The molecule has 0 spiro atoms. The zero-order valence-corrected chi connectivity index (χ0v) is 13.9. The number of benzene rings is 1. The molecule has 0 saturated carbocycles. The van der Waals surface area contributed by atoms with Gasteiger partial charge in [0.2, 0.25) is 0 Å². The van der Waals surface area contributed by atoms with E-state index in [0.29, 0.717) is 0 Å². The molecular weight excluding hydrogens is 264 g/mol. The summed E-state index contributed by atoms with van der Waals surface area (Å²) in [6.07, 6.45) is 2.58. The highest BCUT2D eigenvalue weighted by atomic mass is 16.5. The van der Waals surface area contributed by atoms with Crippen LogP contribution in [0.2, 0.25) is 0 Å². The normalized spacial score (nSPS) is 17.8. The minimum Gasteiger partial charge on any atom is -0.497 e. The highest BCUT2D eigenvalue weighted by Crippen LogP contribution is 2.38. The van der Waals surface area contributed by atoms with E-state index in [2.05, 4.69) is 30.1 Å². The number of nitrogens with one attached hydrogen (secondary N) is 1. The van der Waals surface area contributed by atoms with Gasteiger partial charge in [-0.05, 0) is 59.0 Å². The second kappa shape index (κ2) is 6.67. The van der Waals surface area contributed by atoms with Gasteiger partial charge in [-0.3, -0.25) is 4.90 Å². The second-order valence-electron chi connectivity index (χ2n) is 6.18. The number of likely N-dealkylation sites (N-methyl/N-ethyl adjacent to an activating group) is 1. The lowest BCUT2D eigenvalue weighted by Gasteiger charge is -2.42. The fourth-order valence-electron chi connectivity index (χ4n) is 3.42. The average Bonchev–Trinajstić information content (AvgIpc) is 3.03. The minimum atomic E-state index is 0.0348. The summed E-state index contributed by atoms with van der Waals surface area (Å²) >= 11 is 0. The van der Waals surface area contributed by atoms with Crippen molar-refractivity contribution in [3.05, 3.63) is 23.8 Å². The molecule has 0 amide bonds. The van der Waals surface area contributed by atoms with Gasteiger partial charge < -0.3 is 14.8 Å². The molecule has 1 aromatic rings. The summed E-state index contributed by atoms with van der Waals surface area (Å²) in [5.41, 5.74) is 1.21. The molecule has 0 aromatic heterocycles. The van der Waals surface area contributed by atoms with Crippen LogP contribution < -0.4 is 14.8 Å². The third kappa shape index (κ3) is 3.16. The maximum absolute atomic E-state index is 5.59. The molecule has 0 aliphatic carbocycles. The smallest absolute Gasteiger partial charge is 0.127 e. The van der Waals surface area contributed by atoms with Gasteiger partial charge in [0.15, 0.2) is 0 Å². The molecule has 1 aromatic carbocycles. The first-order valence-electron chi connectivity index (χ1n) is 7.68. The lowest BCUT2D eigenvalue weighted by molar-refractivity contribution is 0.109. The van der Waals surface area contributed by atoms with Crippen LogP contribution in [0.5, 0.6) is 11.5 Å². The van der Waals surface area contributed by atoms with Gasteiger partial charge in [0.05, 0.1) is 20.3 Å². The molecule has 1 N–H and O–H groups in total. The van der Waals surface area contributed by atoms with Gasteiger partial charge in [-0.25, -0.2) is 0 Å². The highest BCUT2D eigenvalue weighted by Gasteiger charge is 2.38. The first-order valence-corrected chi connectivity index (χ1v) is 7.68. The monoisotopic (exact) mass is 292 g/mol. The zero-order valence-electron chi connectivity index (χ0n) is 13.9. The summed E-state index contributed by atoms with van der Waals surface area (Å²) in [7, 11) is 5.41. The van der Waals surface area contributed by atoms with E-state index >= 15 is 0 Å². The Morgan fingerprint density at radius 1 is 1.14 bits per heavy atom. The second-order valence-corrected chi connectivity index (χ2v) is 6.18. The molecule has 21 heavy (non-hydrogen) atoms. The van der Waals surface area contributed by atoms with E-state index < -0.39 is 0 Å². The Morgan fingerprint density at radius 3 is 2.33 bits per heavy atom. The maximum Gasteiger partial charge on any atom is 0.127 e. The topological polar surface area (TPSA) is 33.7 Å². The van der Waals surface area contributed by atoms with E-state index in [1.165, 1.54) is 31.5 Å². The van der Waals surface area contributed by atoms with Crippen molar-refractivity contribution in [1.29, 1.82) is 0 Å². The van der Waals surface area contributed by atoms with Crippen LogP contribution in [0.1, 0.15) is 38.3 Å². The summed E-state index contributed by atoms with van der Waals surface area (Å²) in [4.78, 5) is 2.57. The molecule has 1 aliphatic heterocycles. The van der Waals surface area contributed by atoms with Crippen molar-refractivity contribution in [2.75, 3.05) is 34.4 Å². The van der Waals surface area contributed by atoms with Crippen LogP contribution >= 0.6 is 0 Å². The van der Waals surface area contributed by atoms with Crippen LogP contribution in [0.4, 0.5) is 0 Å². The Balaban J connectivity index is 2.36. The molecule has 4 heteroatoms. The molecule has 1 saturated heterocycles. The lowest BCUT2D eigenvalue weighted by atomic mass is 9.86. The number of ether oxygens (including phenoxy) is 2. The maximum atomic E-state index is 5.59. The van der Waals surface area contributed by atoms with Crippen molar-refractivity contribution in [3.63, 3.8) is 0 Å². The van der Waals surface area contributed by atoms with Gasteiger partial charge in [-0.1, -0.05) is 0 Å². The first-order chi connectivity index (χ1) is 10.0. The Morgan fingerprint density at radius 2 is 1.81 bits per heavy atom. The molecule has 0 bridgehead atoms. The predicted molar refractivity (Wildman–Crippen MR) is 86.2 cm³/mol. The van der Waals surface area contributed by atoms with Crippen molar-refractivity contribution in [2.45, 2.75) is 38.3 Å². The van der Waals surface area contributed by atoms with Crippen LogP contribution in [0, 0.1) is 0 Å². The van der Waals surface area contributed by atoms with Crippen molar-refractivity contribution in [3.8, 4) is 11.5 Å². The SMILES string of the molecule is CNC(c1ccc(OC)cc1OC)C(C)(C)N1CCCC1. The van der Waals surface area contributed by atoms with Gasteiger partial charge in [0, 0.05) is 17.2 Å². The average molecular weight is 292 g/mol. The van der Waals surface area contributed by atoms with Crippen molar-refractivity contribution >= 4 is 0 Å². The van der Waals surface area contributed by atoms with E-state index in [1.807, 2.05) is 19.2 Å². The van der Waals surface area contributed by atoms with Crippen molar-refractivity contribution in [2.24, 2.45) is 0 Å². The molecule has 4 nitrogen and oxygen atoms in total. The summed E-state index contributed by atoms with van der Waals surface area (Å²) in [6, 6.07) is 6.27. The molecular formula is C17H28N2O2. The van der Waals surface area contributed by atoms with Crippen LogP contribution in [0.25, 0.3) is 0 Å². The number of hydrogen-bond acceptors (Lipinski definition) is 4. The molecule has 1 fully saturated rings. The Hall–Kier alpha value is -1.26. The van der Waals surface area contributed by atoms with Crippen molar-refractivity contribution < 1.29 is 9.47 Å². The quantitative estimate of drug-likeness (QED) is 0.874. The van der Waals surface area contributed by atoms with Gasteiger partial charge in [-0.15, -0.1) is 0 Å². The molecule has 1 unspecified atom stereocenters. The lowest BCUT2D eigenvalue weighted by Crippen LogP contribution is -2.50. The first kappa shape index (κ1) is 16.1. The van der Waals surface area contributed by atoms with E-state index in [-0.39, 0.29) is 11.6 Å². The fraction of sp³-hybridized carbons (Fsp3) is 0.647. The Labute approximate surface area is 128 Å². The summed E-state index contributed by atoms with van der Waals surface area (Å²) in [5.74, 6) is 1.70. The number of likely N-dealkylation sites (tertiary alicyclic amines) is 1. The molecule has 1 heterocycles. The number of hydrogen-bond donors (Lipinski definition) is 1. The van der Waals surface area contributed by atoms with Gasteiger partial charge in [0.1, 0.15) is 11.5 Å². The van der Waals surface area contributed by atoms with Gasteiger partial charge in [-0.2, -0.15) is 0 Å². The van der Waals surface area contributed by atoms with E-state index in [0.717, 1.165) is 11.5 Å². The van der Waals surface area contributed by atoms with Crippen LogP contribution in [0.15, 0.2) is 18.2 Å². The predicted octanol–water partition coefficient (Wildman–Crippen LogP) is 2.84. The van der Waals surface area contributed by atoms with Crippen LogP contribution in [-0.4, -0.2) is 44.8 Å². The Kier molecular flexibility index (Phi) is 5.12. The molecule has 0 radical (unpaired) electrons. The van der Waals surface area contributed by atoms with E-state index in [9.17, 15) is 0 Å². The van der Waals surface area contributed by atoms with Crippen LogP contribution in [-0.2, 0) is 0 Å². The summed E-state index contributed by atoms with van der Waals surface area (Å²) in [5, 5.41) is 3.49. The molecule has 1 atom stereocenters. The summed E-state index contributed by atoms with van der Waals surface area (Å²) in [6.45, 7) is 6.96. The summed E-state index contributed by atoms with van der Waals surface area (Å²) < 4.78 is 10.9. The third-order valence-electron chi connectivity index (χ3n) is 4.67. The molecule has 1 aliphatic rings. The van der Waals surface area contributed by atoms with Gasteiger partial charge in [0.25, 0.3) is 0 Å². The fourth-order valence-corrected chi connectivity index (χ4v) is 3.42. The minimum absolute atomic E-state index is 0.0348. The van der Waals surface area contributed by atoms with Crippen molar-refractivity contribution in [1.82, 2.24) is 10.2 Å². The van der Waals surface area contributed by atoms with E-state index in [4.69, 9.17) is 9.47 Å². The standard InChI is InChI=1S/C17H28N2O2/c1-17(2,19-10-6-7-11-19)16(18-3)14-9-8-13(20-4)12-15(14)21-5/h8-9,12,16,18H,6-7,10-11H2,1-5H3.